The number of fused-ring (bicyclic) bond motifs is 1. The second kappa shape index (κ2) is 8.26. The van der Waals surface area contributed by atoms with Crippen molar-refractivity contribution in [2.75, 3.05) is 12.1 Å². The molecule has 0 saturated heterocycles. The number of hydrogen-bond acceptors (Lipinski definition) is 7. The van der Waals surface area contributed by atoms with Gasteiger partial charge in [-0.25, -0.2) is 0 Å². The number of benzene rings is 2. The normalized spacial score (nSPS) is 13.1. The second-order valence-electron chi connectivity index (χ2n) is 5.66. The molecule has 3 aromatic rings. The number of nitrogens with one attached hydrogen (secondary N) is 1. The highest BCUT2D eigenvalue weighted by Gasteiger charge is 2.17. The van der Waals surface area contributed by atoms with E-state index < -0.39 is 0 Å². The molecule has 0 fully saturated rings. The van der Waals surface area contributed by atoms with Crippen LogP contribution in [-0.4, -0.2) is 17.0 Å². The summed E-state index contributed by atoms with van der Waals surface area (Å²) in [7, 11) is 0. The molecule has 0 aliphatic carbocycles. The van der Waals surface area contributed by atoms with Gasteiger partial charge in [-0.05, 0) is 17.7 Å². The Bertz CT molecular complexity index is 889. The van der Waals surface area contributed by atoms with Crippen LogP contribution in [0.1, 0.15) is 16.7 Å². The van der Waals surface area contributed by atoms with E-state index in [1.807, 2.05) is 30.3 Å². The lowest BCUT2D eigenvalue weighted by Crippen LogP contribution is -2.12. The number of thioether (sulfide) groups is 1. The van der Waals surface area contributed by atoms with Crippen molar-refractivity contribution in [3.63, 3.8) is 0 Å². The Morgan fingerprint density at radius 3 is 2.96 bits per heavy atom. The maximum atomic E-state index is 6.21. The van der Waals surface area contributed by atoms with Crippen molar-refractivity contribution in [1.82, 2.24) is 10.2 Å². The molecule has 0 atom stereocenters. The van der Waals surface area contributed by atoms with Crippen LogP contribution in [0.3, 0.4) is 0 Å². The number of rotatable bonds is 6. The monoisotopic (exact) mass is 405 g/mol. The summed E-state index contributed by atoms with van der Waals surface area (Å²) in [6.45, 7) is 1.54. The van der Waals surface area contributed by atoms with Crippen LogP contribution >= 0.6 is 34.7 Å². The maximum Gasteiger partial charge on any atom is 0.206 e. The molecule has 26 heavy (non-hydrogen) atoms. The van der Waals surface area contributed by atoms with Gasteiger partial charge in [0.1, 0.15) is 5.75 Å². The van der Waals surface area contributed by atoms with Crippen LogP contribution in [0.2, 0.25) is 5.02 Å². The molecule has 1 aromatic heterocycles. The summed E-state index contributed by atoms with van der Waals surface area (Å²) in [5, 5.41) is 13.3. The molecule has 2 heterocycles. The topological polar surface area (TPSA) is 56.3 Å². The van der Waals surface area contributed by atoms with Gasteiger partial charge in [0.15, 0.2) is 11.1 Å². The molecule has 0 amide bonds. The molecular formula is C18H16ClN3O2S2. The van der Waals surface area contributed by atoms with Crippen LogP contribution in [0.25, 0.3) is 0 Å². The van der Waals surface area contributed by atoms with Crippen molar-refractivity contribution >= 4 is 39.8 Å². The van der Waals surface area contributed by atoms with E-state index in [1.165, 1.54) is 5.56 Å². The lowest BCUT2D eigenvalue weighted by atomic mass is 10.1. The summed E-state index contributed by atoms with van der Waals surface area (Å²) in [5.41, 5.74) is 3.25. The molecule has 1 N–H and O–H groups in total. The van der Waals surface area contributed by atoms with Crippen LogP contribution < -0.4 is 10.1 Å². The van der Waals surface area contributed by atoms with Gasteiger partial charge in [-0.1, -0.05) is 65.0 Å². The van der Waals surface area contributed by atoms with Gasteiger partial charge >= 0.3 is 0 Å². The van der Waals surface area contributed by atoms with E-state index in [2.05, 4.69) is 27.6 Å². The van der Waals surface area contributed by atoms with E-state index in [0.29, 0.717) is 11.6 Å². The first-order chi connectivity index (χ1) is 12.8. The third kappa shape index (κ3) is 4.29. The molecule has 4 rings (SSSR count). The summed E-state index contributed by atoms with van der Waals surface area (Å²) in [6.07, 6.45) is 0. The molecule has 0 radical (unpaired) electrons. The summed E-state index contributed by atoms with van der Waals surface area (Å²) in [6, 6.07) is 14.0. The highest BCUT2D eigenvalue weighted by atomic mass is 35.5. The zero-order valence-corrected chi connectivity index (χ0v) is 16.2. The maximum absolute atomic E-state index is 6.21. The van der Waals surface area contributed by atoms with Gasteiger partial charge in [-0.15, -0.1) is 10.2 Å². The number of halogens is 1. The molecule has 0 saturated carbocycles. The Kier molecular flexibility index (Phi) is 5.59. The molecule has 0 spiro atoms. The van der Waals surface area contributed by atoms with E-state index in [1.54, 1.807) is 23.1 Å². The predicted molar refractivity (Wildman–Crippen MR) is 105 cm³/mol. The van der Waals surface area contributed by atoms with Crippen LogP contribution in [0.15, 0.2) is 46.8 Å². The minimum absolute atomic E-state index is 0.276. The molecular weight excluding hydrogens is 390 g/mol. The van der Waals surface area contributed by atoms with Gasteiger partial charge in [-0.3, -0.25) is 0 Å². The highest BCUT2D eigenvalue weighted by Crippen LogP contribution is 2.36. The number of nitrogens with zero attached hydrogens (tertiary/aromatic N) is 2. The van der Waals surface area contributed by atoms with E-state index in [0.717, 1.165) is 38.6 Å². The largest absolute Gasteiger partial charge is 0.467 e. The van der Waals surface area contributed by atoms with Gasteiger partial charge in [0.05, 0.1) is 6.61 Å². The number of anilines is 1. The minimum atomic E-state index is 0.276. The van der Waals surface area contributed by atoms with E-state index in [9.17, 15) is 0 Å². The number of hydrogen-bond donors (Lipinski definition) is 1. The Morgan fingerprint density at radius 2 is 2.08 bits per heavy atom. The predicted octanol–water partition coefficient (Wildman–Crippen LogP) is 4.96. The van der Waals surface area contributed by atoms with Crippen molar-refractivity contribution < 1.29 is 9.47 Å². The first-order valence-electron chi connectivity index (χ1n) is 8.04. The molecule has 2 aromatic carbocycles. The molecule has 1 aliphatic heterocycles. The second-order valence-corrected chi connectivity index (χ2v) is 8.30. The molecule has 0 unspecified atom stereocenters. The molecule has 8 heteroatoms. The number of aromatic nitrogens is 2. The zero-order valence-electron chi connectivity index (χ0n) is 13.8. The van der Waals surface area contributed by atoms with Gasteiger partial charge in [0, 0.05) is 28.4 Å². The van der Waals surface area contributed by atoms with Crippen LogP contribution in [0.4, 0.5) is 5.13 Å². The molecule has 5 nitrogen and oxygen atoms in total. The Morgan fingerprint density at radius 1 is 1.19 bits per heavy atom. The van der Waals surface area contributed by atoms with Crippen LogP contribution in [-0.2, 0) is 23.6 Å². The Hall–Kier alpha value is -1.80. The minimum Gasteiger partial charge on any atom is -0.467 e. The van der Waals surface area contributed by atoms with Crippen molar-refractivity contribution in [1.29, 1.82) is 0 Å². The lowest BCUT2D eigenvalue weighted by Gasteiger charge is -2.20. The van der Waals surface area contributed by atoms with Crippen molar-refractivity contribution in [3.05, 3.63) is 64.2 Å². The quantitative estimate of drug-likeness (QED) is 0.585. The fraction of sp³-hybridized carbons (Fsp3) is 0.222. The smallest absolute Gasteiger partial charge is 0.206 e. The molecule has 134 valence electrons. The SMILES string of the molecule is Clc1cc2c(c(CSc3nnc(NCc4ccccc4)s3)c1)OCOC2. The van der Waals surface area contributed by atoms with E-state index in [4.69, 9.17) is 21.1 Å². The zero-order chi connectivity index (χ0) is 17.8. The Labute approximate surface area is 164 Å². The van der Waals surface area contributed by atoms with E-state index >= 15 is 0 Å². The first-order valence-corrected chi connectivity index (χ1v) is 10.2. The lowest BCUT2D eigenvalue weighted by molar-refractivity contribution is -0.0168. The third-order valence-electron chi connectivity index (χ3n) is 3.80. The summed E-state index contributed by atoms with van der Waals surface area (Å²) in [5.74, 6) is 1.59. The standard InChI is InChI=1S/C18H16ClN3O2S2/c19-15-6-13-9-23-11-24-16(13)14(7-15)10-25-18-22-21-17(26-18)20-8-12-4-2-1-3-5-12/h1-7H,8-11H2,(H,20,21). The summed E-state index contributed by atoms with van der Waals surface area (Å²) < 4.78 is 11.9. The van der Waals surface area contributed by atoms with Gasteiger partial charge < -0.3 is 14.8 Å². The molecule has 0 bridgehead atoms. The van der Waals surface area contributed by atoms with Crippen molar-refractivity contribution in [2.45, 2.75) is 23.2 Å². The average molecular weight is 406 g/mol. The fourth-order valence-electron chi connectivity index (χ4n) is 2.62. The summed E-state index contributed by atoms with van der Waals surface area (Å²) >= 11 is 9.38. The first kappa shape index (κ1) is 17.6. The average Bonchev–Trinajstić information content (AvgIpc) is 3.13. The van der Waals surface area contributed by atoms with Gasteiger partial charge in [0.25, 0.3) is 0 Å². The van der Waals surface area contributed by atoms with Gasteiger partial charge in [-0.2, -0.15) is 0 Å². The van der Waals surface area contributed by atoms with E-state index in [-0.39, 0.29) is 6.79 Å². The van der Waals surface area contributed by atoms with Crippen molar-refractivity contribution in [2.24, 2.45) is 0 Å². The number of ether oxygens (including phenoxy) is 2. The van der Waals surface area contributed by atoms with Crippen LogP contribution in [0, 0.1) is 0 Å². The third-order valence-corrected chi connectivity index (χ3v) is 6.08. The summed E-state index contributed by atoms with van der Waals surface area (Å²) in [4.78, 5) is 0. The highest BCUT2D eigenvalue weighted by molar-refractivity contribution is 8.00. The molecule has 1 aliphatic rings. The fourth-order valence-corrected chi connectivity index (χ4v) is 4.59. The van der Waals surface area contributed by atoms with Crippen molar-refractivity contribution in [3.8, 4) is 5.75 Å². The van der Waals surface area contributed by atoms with Gasteiger partial charge in [0.2, 0.25) is 5.13 Å². The van der Waals surface area contributed by atoms with Crippen LogP contribution in [0.5, 0.6) is 5.75 Å². The Balaban J connectivity index is 1.38.